The van der Waals surface area contributed by atoms with Crippen LogP contribution in [0.3, 0.4) is 0 Å². The van der Waals surface area contributed by atoms with Crippen LogP contribution in [0, 0.1) is 6.92 Å². The summed E-state index contributed by atoms with van der Waals surface area (Å²) in [6.45, 7) is 1.85. The van der Waals surface area contributed by atoms with Gasteiger partial charge in [0, 0.05) is 4.47 Å². The Bertz CT molecular complexity index is 717. The number of hydrogen-bond donors (Lipinski definition) is 1. The number of rotatable bonds is 6. The quantitative estimate of drug-likeness (QED) is 0.621. The van der Waals surface area contributed by atoms with E-state index < -0.39 is 0 Å². The molecule has 0 radical (unpaired) electrons. The molecule has 2 rings (SSSR count). The summed E-state index contributed by atoms with van der Waals surface area (Å²) in [6, 6.07) is 12.9. The van der Waals surface area contributed by atoms with E-state index in [1.165, 1.54) is 0 Å². The summed E-state index contributed by atoms with van der Waals surface area (Å²) in [5.41, 5.74) is 4.29. The molecule has 0 saturated carbocycles. The number of hydrazone groups is 1. The van der Waals surface area contributed by atoms with E-state index in [2.05, 4.69) is 26.5 Å². The standard InChI is InChI=1S/C17H17BrN2O3/c1-12-8-15(6-7-16(12)18)23-11-17(21)20-19-10-13-4-3-5-14(9-13)22-2/h3-10H,11H2,1-2H3,(H,20,21). The molecule has 2 aromatic carbocycles. The van der Waals surface area contributed by atoms with E-state index in [4.69, 9.17) is 9.47 Å². The van der Waals surface area contributed by atoms with Crippen molar-refractivity contribution >= 4 is 28.1 Å². The lowest BCUT2D eigenvalue weighted by molar-refractivity contribution is -0.123. The van der Waals surface area contributed by atoms with Crippen LogP contribution in [0.1, 0.15) is 11.1 Å². The number of ether oxygens (including phenoxy) is 2. The van der Waals surface area contributed by atoms with Crippen LogP contribution in [0.5, 0.6) is 11.5 Å². The maximum absolute atomic E-state index is 11.7. The highest BCUT2D eigenvalue weighted by Crippen LogP contribution is 2.21. The van der Waals surface area contributed by atoms with Crippen LogP contribution in [-0.2, 0) is 4.79 Å². The SMILES string of the molecule is COc1cccc(C=NNC(=O)COc2ccc(Br)c(C)c2)c1. The fraction of sp³-hybridized carbons (Fsp3) is 0.176. The number of nitrogens with one attached hydrogen (secondary N) is 1. The second-order valence-electron chi connectivity index (χ2n) is 4.77. The monoisotopic (exact) mass is 376 g/mol. The van der Waals surface area contributed by atoms with E-state index in [9.17, 15) is 4.79 Å². The van der Waals surface area contributed by atoms with Crippen molar-refractivity contribution in [1.82, 2.24) is 5.43 Å². The van der Waals surface area contributed by atoms with Gasteiger partial charge in [-0.25, -0.2) is 5.43 Å². The lowest BCUT2D eigenvalue weighted by Gasteiger charge is -2.06. The summed E-state index contributed by atoms with van der Waals surface area (Å²) >= 11 is 3.41. The number of nitrogens with zero attached hydrogens (tertiary/aromatic N) is 1. The number of aryl methyl sites for hydroxylation is 1. The number of methoxy groups -OCH3 is 1. The van der Waals surface area contributed by atoms with Crippen molar-refractivity contribution in [3.8, 4) is 11.5 Å². The molecule has 6 heteroatoms. The smallest absolute Gasteiger partial charge is 0.277 e. The Morgan fingerprint density at radius 1 is 1.26 bits per heavy atom. The van der Waals surface area contributed by atoms with Gasteiger partial charge in [-0.2, -0.15) is 5.10 Å². The third-order valence-electron chi connectivity index (χ3n) is 3.00. The van der Waals surface area contributed by atoms with Gasteiger partial charge in [-0.1, -0.05) is 28.1 Å². The molecule has 23 heavy (non-hydrogen) atoms. The summed E-state index contributed by atoms with van der Waals surface area (Å²) < 4.78 is 11.5. The van der Waals surface area contributed by atoms with Gasteiger partial charge >= 0.3 is 0 Å². The molecule has 0 aromatic heterocycles. The average Bonchev–Trinajstić information content (AvgIpc) is 2.56. The lowest BCUT2D eigenvalue weighted by atomic mass is 10.2. The van der Waals surface area contributed by atoms with Gasteiger partial charge in [0.1, 0.15) is 11.5 Å². The molecule has 0 heterocycles. The average molecular weight is 377 g/mol. The highest BCUT2D eigenvalue weighted by atomic mass is 79.9. The Labute approximate surface area is 143 Å². The lowest BCUT2D eigenvalue weighted by Crippen LogP contribution is -2.24. The van der Waals surface area contributed by atoms with Crippen molar-refractivity contribution in [3.05, 3.63) is 58.1 Å². The predicted molar refractivity (Wildman–Crippen MR) is 93.1 cm³/mol. The van der Waals surface area contributed by atoms with Crippen molar-refractivity contribution in [2.24, 2.45) is 5.10 Å². The maximum atomic E-state index is 11.7. The first-order valence-electron chi connectivity index (χ1n) is 6.93. The predicted octanol–water partition coefficient (Wildman–Crippen LogP) is 3.30. The van der Waals surface area contributed by atoms with Crippen molar-refractivity contribution < 1.29 is 14.3 Å². The molecule has 0 atom stereocenters. The molecule has 5 nitrogen and oxygen atoms in total. The van der Waals surface area contributed by atoms with Crippen molar-refractivity contribution in [3.63, 3.8) is 0 Å². The second-order valence-corrected chi connectivity index (χ2v) is 5.62. The van der Waals surface area contributed by atoms with Gasteiger partial charge in [0.15, 0.2) is 6.61 Å². The van der Waals surface area contributed by atoms with Gasteiger partial charge in [-0.3, -0.25) is 4.79 Å². The van der Waals surface area contributed by atoms with Crippen molar-refractivity contribution in [2.75, 3.05) is 13.7 Å². The summed E-state index contributed by atoms with van der Waals surface area (Å²) in [4.78, 5) is 11.7. The van der Waals surface area contributed by atoms with Gasteiger partial charge in [0.2, 0.25) is 0 Å². The van der Waals surface area contributed by atoms with Gasteiger partial charge in [0.25, 0.3) is 5.91 Å². The van der Waals surface area contributed by atoms with Crippen molar-refractivity contribution in [1.29, 1.82) is 0 Å². The summed E-state index contributed by atoms with van der Waals surface area (Å²) in [7, 11) is 1.60. The molecule has 0 unspecified atom stereocenters. The number of amides is 1. The fourth-order valence-electron chi connectivity index (χ4n) is 1.79. The Hall–Kier alpha value is -2.34. The molecule has 0 spiro atoms. The molecular weight excluding hydrogens is 360 g/mol. The number of carbonyl (C=O) groups is 1. The van der Waals surface area contributed by atoms with Crippen LogP contribution < -0.4 is 14.9 Å². The molecular formula is C17H17BrN2O3. The normalized spacial score (nSPS) is 10.6. The first-order chi connectivity index (χ1) is 11.1. The largest absolute Gasteiger partial charge is 0.497 e. The van der Waals surface area contributed by atoms with Crippen LogP contribution >= 0.6 is 15.9 Å². The molecule has 0 aliphatic heterocycles. The van der Waals surface area contributed by atoms with Gasteiger partial charge < -0.3 is 9.47 Å². The first kappa shape index (κ1) is 17.0. The third-order valence-corrected chi connectivity index (χ3v) is 3.89. The Morgan fingerprint density at radius 3 is 2.83 bits per heavy atom. The maximum Gasteiger partial charge on any atom is 0.277 e. The molecule has 0 aliphatic rings. The Balaban J connectivity index is 1.82. The zero-order valence-electron chi connectivity index (χ0n) is 12.9. The van der Waals surface area contributed by atoms with Crippen LogP contribution in [0.25, 0.3) is 0 Å². The minimum atomic E-state index is -0.329. The highest BCUT2D eigenvalue weighted by Gasteiger charge is 2.03. The topological polar surface area (TPSA) is 59.9 Å². The molecule has 0 aliphatic carbocycles. The zero-order valence-corrected chi connectivity index (χ0v) is 14.5. The minimum Gasteiger partial charge on any atom is -0.497 e. The second kappa shape index (κ2) is 8.33. The Kier molecular flexibility index (Phi) is 6.17. The summed E-state index contributed by atoms with van der Waals surface area (Å²) in [5, 5.41) is 3.89. The van der Waals surface area contributed by atoms with E-state index in [0.29, 0.717) is 5.75 Å². The highest BCUT2D eigenvalue weighted by molar-refractivity contribution is 9.10. The van der Waals surface area contributed by atoms with Crippen LogP contribution in [0.2, 0.25) is 0 Å². The molecule has 0 saturated heterocycles. The molecule has 0 bridgehead atoms. The molecule has 1 amide bonds. The molecule has 120 valence electrons. The molecule has 2 aromatic rings. The van der Waals surface area contributed by atoms with Gasteiger partial charge in [-0.05, 0) is 48.4 Å². The molecule has 0 fully saturated rings. The van der Waals surface area contributed by atoms with Crippen molar-refractivity contribution in [2.45, 2.75) is 6.92 Å². The number of hydrogen-bond acceptors (Lipinski definition) is 4. The first-order valence-corrected chi connectivity index (χ1v) is 7.72. The van der Waals surface area contributed by atoms with E-state index in [1.807, 2.05) is 43.3 Å². The minimum absolute atomic E-state index is 0.101. The fourth-order valence-corrected chi connectivity index (χ4v) is 2.04. The van der Waals surface area contributed by atoms with Crippen LogP contribution in [0.4, 0.5) is 0 Å². The van der Waals surface area contributed by atoms with Gasteiger partial charge in [0.05, 0.1) is 13.3 Å². The number of benzene rings is 2. The summed E-state index contributed by atoms with van der Waals surface area (Å²) in [5.74, 6) is 1.04. The van der Waals surface area contributed by atoms with Crippen LogP contribution in [-0.4, -0.2) is 25.8 Å². The van der Waals surface area contributed by atoms with Crippen LogP contribution in [0.15, 0.2) is 52.0 Å². The number of halogens is 1. The van der Waals surface area contributed by atoms with E-state index in [1.54, 1.807) is 19.4 Å². The van der Waals surface area contributed by atoms with Gasteiger partial charge in [-0.15, -0.1) is 0 Å². The van der Waals surface area contributed by atoms with E-state index in [-0.39, 0.29) is 12.5 Å². The summed E-state index contributed by atoms with van der Waals surface area (Å²) in [6.07, 6.45) is 1.55. The molecule has 1 N–H and O–H groups in total. The number of carbonyl (C=O) groups excluding carboxylic acids is 1. The Morgan fingerprint density at radius 2 is 2.09 bits per heavy atom. The van der Waals surface area contributed by atoms with E-state index in [0.717, 1.165) is 21.3 Å². The van der Waals surface area contributed by atoms with E-state index >= 15 is 0 Å². The third kappa shape index (κ3) is 5.41. The zero-order chi connectivity index (χ0) is 16.7.